The zero-order chi connectivity index (χ0) is 18.6. The number of ether oxygens (including phenoxy) is 2. The molecule has 0 amide bonds. The molecule has 0 aliphatic heterocycles. The summed E-state index contributed by atoms with van der Waals surface area (Å²) in [5.74, 6) is 2.25. The van der Waals surface area contributed by atoms with Gasteiger partial charge in [0.1, 0.15) is 22.8 Å². The standard InChI is InChI=1S/C21H18N4O2/c1-26-17-10-6-15(7-11-17)20-21(25-14-4-3-5-19(25)22-20)24-23-16-8-12-18(27-2)13-9-16/h3-14H,1-2H3. The molecular formula is C21H18N4O2. The molecule has 4 rings (SSSR count). The molecule has 2 heterocycles. The van der Waals surface area contributed by atoms with Crippen molar-refractivity contribution in [3.8, 4) is 22.8 Å². The van der Waals surface area contributed by atoms with E-state index in [-0.39, 0.29) is 0 Å². The van der Waals surface area contributed by atoms with Crippen molar-refractivity contribution >= 4 is 17.2 Å². The van der Waals surface area contributed by atoms with E-state index < -0.39 is 0 Å². The third-order valence-corrected chi connectivity index (χ3v) is 4.20. The molecule has 0 saturated carbocycles. The number of nitrogens with zero attached hydrogens (tertiary/aromatic N) is 4. The maximum Gasteiger partial charge on any atom is 0.187 e. The molecule has 27 heavy (non-hydrogen) atoms. The zero-order valence-electron chi connectivity index (χ0n) is 15.0. The number of hydrogen-bond acceptors (Lipinski definition) is 5. The van der Waals surface area contributed by atoms with Crippen molar-refractivity contribution in [3.05, 3.63) is 72.9 Å². The van der Waals surface area contributed by atoms with Crippen molar-refractivity contribution in [1.82, 2.24) is 9.38 Å². The lowest BCUT2D eigenvalue weighted by molar-refractivity contribution is 0.414. The Morgan fingerprint density at radius 3 is 2.11 bits per heavy atom. The summed E-state index contributed by atoms with van der Waals surface area (Å²) in [6.45, 7) is 0. The monoisotopic (exact) mass is 358 g/mol. The van der Waals surface area contributed by atoms with Crippen molar-refractivity contribution in [1.29, 1.82) is 0 Å². The molecule has 0 N–H and O–H groups in total. The Bertz CT molecular complexity index is 1080. The second-order valence-corrected chi connectivity index (χ2v) is 5.84. The first-order valence-corrected chi connectivity index (χ1v) is 8.46. The Balaban J connectivity index is 1.78. The predicted octanol–water partition coefficient (Wildman–Crippen LogP) is 5.43. The van der Waals surface area contributed by atoms with Crippen molar-refractivity contribution in [2.45, 2.75) is 0 Å². The number of benzene rings is 2. The summed E-state index contributed by atoms with van der Waals surface area (Å²) < 4.78 is 12.3. The van der Waals surface area contributed by atoms with E-state index in [4.69, 9.17) is 14.5 Å². The van der Waals surface area contributed by atoms with Crippen LogP contribution in [0.15, 0.2) is 83.2 Å². The van der Waals surface area contributed by atoms with Crippen LogP contribution >= 0.6 is 0 Å². The molecular weight excluding hydrogens is 340 g/mol. The Labute approximate surface area is 156 Å². The molecule has 0 aliphatic carbocycles. The number of pyridine rings is 1. The van der Waals surface area contributed by atoms with Crippen LogP contribution < -0.4 is 9.47 Å². The molecule has 0 aliphatic rings. The van der Waals surface area contributed by atoms with Gasteiger partial charge in [0, 0.05) is 11.8 Å². The Morgan fingerprint density at radius 1 is 0.778 bits per heavy atom. The molecule has 6 heteroatoms. The Morgan fingerprint density at radius 2 is 1.44 bits per heavy atom. The highest BCUT2D eigenvalue weighted by atomic mass is 16.5. The number of imidazole rings is 1. The van der Waals surface area contributed by atoms with E-state index in [0.717, 1.165) is 34.1 Å². The highest BCUT2D eigenvalue weighted by molar-refractivity contribution is 5.74. The minimum Gasteiger partial charge on any atom is -0.497 e. The molecule has 2 aromatic heterocycles. The smallest absolute Gasteiger partial charge is 0.187 e. The number of fused-ring (bicyclic) bond motifs is 1. The number of methoxy groups -OCH3 is 2. The van der Waals surface area contributed by atoms with E-state index in [1.165, 1.54) is 0 Å². The van der Waals surface area contributed by atoms with Gasteiger partial charge in [-0.3, -0.25) is 4.40 Å². The summed E-state index contributed by atoms with van der Waals surface area (Å²) in [6.07, 6.45) is 1.93. The van der Waals surface area contributed by atoms with E-state index in [1.54, 1.807) is 14.2 Å². The van der Waals surface area contributed by atoms with E-state index in [2.05, 4.69) is 10.2 Å². The van der Waals surface area contributed by atoms with Gasteiger partial charge in [-0.1, -0.05) is 6.07 Å². The molecule has 6 nitrogen and oxygen atoms in total. The minimum absolute atomic E-state index is 0.673. The third kappa shape index (κ3) is 3.37. The fourth-order valence-corrected chi connectivity index (χ4v) is 2.77. The summed E-state index contributed by atoms with van der Waals surface area (Å²) in [5.41, 5.74) is 3.26. The summed E-state index contributed by atoms with van der Waals surface area (Å²) in [6, 6.07) is 21.0. The van der Waals surface area contributed by atoms with Crippen LogP contribution in [0.1, 0.15) is 0 Å². The number of rotatable bonds is 5. The first kappa shape index (κ1) is 16.8. The van der Waals surface area contributed by atoms with Crippen LogP contribution in [0.4, 0.5) is 11.5 Å². The first-order chi connectivity index (χ1) is 13.3. The maximum atomic E-state index is 5.24. The van der Waals surface area contributed by atoms with Crippen molar-refractivity contribution in [2.24, 2.45) is 10.2 Å². The summed E-state index contributed by atoms with van der Waals surface area (Å²) in [7, 11) is 3.28. The zero-order valence-corrected chi connectivity index (χ0v) is 15.0. The Hall–Kier alpha value is -3.67. The highest BCUT2D eigenvalue weighted by Crippen LogP contribution is 2.33. The van der Waals surface area contributed by atoms with Crippen LogP contribution in [0.3, 0.4) is 0 Å². The molecule has 2 aromatic carbocycles. The molecule has 0 spiro atoms. The van der Waals surface area contributed by atoms with Gasteiger partial charge in [-0.2, -0.15) is 0 Å². The number of aromatic nitrogens is 2. The fraction of sp³-hybridized carbons (Fsp3) is 0.0952. The van der Waals surface area contributed by atoms with Gasteiger partial charge in [0.05, 0.1) is 19.9 Å². The van der Waals surface area contributed by atoms with Gasteiger partial charge in [0.15, 0.2) is 5.82 Å². The largest absolute Gasteiger partial charge is 0.497 e. The lowest BCUT2D eigenvalue weighted by Crippen LogP contribution is -1.84. The third-order valence-electron chi connectivity index (χ3n) is 4.20. The van der Waals surface area contributed by atoms with Crippen LogP contribution in [0.25, 0.3) is 16.9 Å². The quantitative estimate of drug-likeness (QED) is 0.447. The molecule has 0 radical (unpaired) electrons. The van der Waals surface area contributed by atoms with Gasteiger partial charge in [-0.25, -0.2) is 4.98 Å². The Kier molecular flexibility index (Phi) is 4.53. The molecule has 0 fully saturated rings. The van der Waals surface area contributed by atoms with E-state index in [0.29, 0.717) is 5.82 Å². The fourth-order valence-electron chi connectivity index (χ4n) is 2.77. The summed E-state index contributed by atoms with van der Waals surface area (Å²) in [4.78, 5) is 4.73. The number of azo groups is 1. The van der Waals surface area contributed by atoms with Crippen molar-refractivity contribution < 1.29 is 9.47 Å². The average molecular weight is 358 g/mol. The van der Waals surface area contributed by atoms with Crippen molar-refractivity contribution in [3.63, 3.8) is 0 Å². The van der Waals surface area contributed by atoms with Crippen LogP contribution in [-0.2, 0) is 0 Å². The van der Waals surface area contributed by atoms with Crippen molar-refractivity contribution in [2.75, 3.05) is 14.2 Å². The maximum absolute atomic E-state index is 5.24. The SMILES string of the molecule is COc1ccc(N=Nc2c(-c3ccc(OC)cc3)nc3ccccn23)cc1. The minimum atomic E-state index is 0.673. The second-order valence-electron chi connectivity index (χ2n) is 5.84. The molecule has 0 saturated heterocycles. The van der Waals surface area contributed by atoms with Gasteiger partial charge in [0.25, 0.3) is 0 Å². The van der Waals surface area contributed by atoms with Gasteiger partial charge < -0.3 is 9.47 Å². The van der Waals surface area contributed by atoms with Crippen LogP contribution in [0.5, 0.6) is 11.5 Å². The van der Waals surface area contributed by atoms with Crippen LogP contribution in [0.2, 0.25) is 0 Å². The van der Waals surface area contributed by atoms with Crippen LogP contribution in [0, 0.1) is 0 Å². The molecule has 4 aromatic rings. The van der Waals surface area contributed by atoms with Gasteiger partial charge in [0.2, 0.25) is 0 Å². The molecule has 0 bridgehead atoms. The lowest BCUT2D eigenvalue weighted by Gasteiger charge is -2.02. The topological polar surface area (TPSA) is 60.5 Å². The first-order valence-electron chi connectivity index (χ1n) is 8.46. The van der Waals surface area contributed by atoms with E-state index in [1.807, 2.05) is 77.3 Å². The molecule has 0 unspecified atom stereocenters. The van der Waals surface area contributed by atoms with E-state index in [9.17, 15) is 0 Å². The lowest BCUT2D eigenvalue weighted by atomic mass is 10.1. The summed E-state index contributed by atoms with van der Waals surface area (Å²) >= 11 is 0. The summed E-state index contributed by atoms with van der Waals surface area (Å²) in [5, 5.41) is 8.87. The number of hydrogen-bond donors (Lipinski definition) is 0. The van der Waals surface area contributed by atoms with Gasteiger partial charge in [-0.05, 0) is 60.7 Å². The van der Waals surface area contributed by atoms with Crippen LogP contribution in [-0.4, -0.2) is 23.6 Å². The highest BCUT2D eigenvalue weighted by Gasteiger charge is 2.14. The average Bonchev–Trinajstić information content (AvgIpc) is 3.11. The van der Waals surface area contributed by atoms with Gasteiger partial charge >= 0.3 is 0 Å². The molecule has 134 valence electrons. The predicted molar refractivity (Wildman–Crippen MR) is 104 cm³/mol. The molecule has 0 atom stereocenters. The normalized spacial score (nSPS) is 11.2. The van der Waals surface area contributed by atoms with E-state index >= 15 is 0 Å². The van der Waals surface area contributed by atoms with Gasteiger partial charge in [-0.15, -0.1) is 10.2 Å². The second kappa shape index (κ2) is 7.29.